The standard InChI is InChI=1S/C20H25N3O4S2/c1-14(2)23(5)29(26,27)18-8-6-7-15(13-18)19(24)21-16-9-11-17(12-10-16)28-20(25)22(3)4/h6-14H,1-5H3,(H,21,24). The lowest BCUT2D eigenvalue weighted by molar-refractivity contribution is 0.102. The van der Waals surface area contributed by atoms with Gasteiger partial charge in [0, 0.05) is 43.3 Å². The molecule has 0 saturated heterocycles. The Bertz CT molecular complexity index is 987. The highest BCUT2D eigenvalue weighted by atomic mass is 32.2. The molecule has 0 unspecified atom stereocenters. The molecule has 156 valence electrons. The summed E-state index contributed by atoms with van der Waals surface area (Å²) in [5, 5.41) is 2.65. The molecule has 0 heterocycles. The van der Waals surface area contributed by atoms with E-state index < -0.39 is 15.9 Å². The second kappa shape index (κ2) is 9.43. The van der Waals surface area contributed by atoms with Gasteiger partial charge >= 0.3 is 0 Å². The molecule has 2 aromatic carbocycles. The fraction of sp³-hybridized carbons (Fsp3) is 0.300. The van der Waals surface area contributed by atoms with Gasteiger partial charge in [0.25, 0.3) is 11.1 Å². The van der Waals surface area contributed by atoms with Crippen LogP contribution in [0.3, 0.4) is 0 Å². The number of amides is 2. The Labute approximate surface area is 176 Å². The number of sulfonamides is 1. The van der Waals surface area contributed by atoms with Crippen molar-refractivity contribution < 1.29 is 18.0 Å². The Hall–Kier alpha value is -2.36. The number of anilines is 1. The highest BCUT2D eigenvalue weighted by Gasteiger charge is 2.24. The van der Waals surface area contributed by atoms with Crippen molar-refractivity contribution >= 4 is 38.6 Å². The lowest BCUT2D eigenvalue weighted by Crippen LogP contribution is -2.33. The lowest BCUT2D eigenvalue weighted by atomic mass is 10.2. The zero-order chi connectivity index (χ0) is 21.8. The summed E-state index contributed by atoms with van der Waals surface area (Å²) in [4.78, 5) is 26.6. The summed E-state index contributed by atoms with van der Waals surface area (Å²) in [5.74, 6) is -0.418. The number of nitrogens with one attached hydrogen (secondary N) is 1. The lowest BCUT2D eigenvalue weighted by Gasteiger charge is -2.21. The summed E-state index contributed by atoms with van der Waals surface area (Å²) in [6.45, 7) is 3.56. The maximum absolute atomic E-state index is 12.6. The van der Waals surface area contributed by atoms with Gasteiger partial charge in [0.2, 0.25) is 10.0 Å². The molecule has 0 aliphatic rings. The van der Waals surface area contributed by atoms with Crippen LogP contribution in [0.4, 0.5) is 10.5 Å². The van der Waals surface area contributed by atoms with Crippen molar-refractivity contribution in [1.82, 2.24) is 9.21 Å². The second-order valence-electron chi connectivity index (χ2n) is 6.88. The Morgan fingerprint density at radius 2 is 1.62 bits per heavy atom. The molecule has 0 radical (unpaired) electrons. The van der Waals surface area contributed by atoms with E-state index in [1.807, 2.05) is 0 Å². The van der Waals surface area contributed by atoms with Crippen LogP contribution in [0, 0.1) is 0 Å². The summed E-state index contributed by atoms with van der Waals surface area (Å²) in [6, 6.07) is 12.6. The van der Waals surface area contributed by atoms with Gasteiger partial charge in [-0.3, -0.25) is 9.59 Å². The quantitative estimate of drug-likeness (QED) is 0.699. The molecule has 2 rings (SSSR count). The third kappa shape index (κ3) is 5.81. The Morgan fingerprint density at radius 1 is 1.00 bits per heavy atom. The van der Waals surface area contributed by atoms with Crippen molar-refractivity contribution in [2.45, 2.75) is 29.7 Å². The zero-order valence-electron chi connectivity index (χ0n) is 17.0. The van der Waals surface area contributed by atoms with Crippen LogP contribution >= 0.6 is 11.8 Å². The zero-order valence-corrected chi connectivity index (χ0v) is 18.7. The minimum Gasteiger partial charge on any atom is -0.339 e. The van der Waals surface area contributed by atoms with E-state index in [1.54, 1.807) is 64.3 Å². The average molecular weight is 436 g/mol. The normalized spacial score (nSPS) is 11.6. The van der Waals surface area contributed by atoms with Gasteiger partial charge in [-0.1, -0.05) is 6.07 Å². The predicted octanol–water partition coefficient (Wildman–Crippen LogP) is 3.74. The first kappa shape index (κ1) is 22.9. The van der Waals surface area contributed by atoms with E-state index in [1.165, 1.54) is 28.4 Å². The van der Waals surface area contributed by atoms with Crippen molar-refractivity contribution in [3.05, 3.63) is 54.1 Å². The Kier molecular flexibility index (Phi) is 7.45. The maximum atomic E-state index is 12.6. The maximum Gasteiger partial charge on any atom is 0.285 e. The molecule has 0 bridgehead atoms. The smallest absolute Gasteiger partial charge is 0.285 e. The molecule has 2 aromatic rings. The second-order valence-corrected chi connectivity index (χ2v) is 9.91. The molecular formula is C20H25N3O4S2. The van der Waals surface area contributed by atoms with Gasteiger partial charge in [-0.2, -0.15) is 4.31 Å². The van der Waals surface area contributed by atoms with Crippen LogP contribution in [0.1, 0.15) is 24.2 Å². The number of carbonyl (C=O) groups excluding carboxylic acids is 2. The van der Waals surface area contributed by atoms with Crippen LogP contribution in [0.25, 0.3) is 0 Å². The summed E-state index contributed by atoms with van der Waals surface area (Å²) < 4.78 is 26.5. The van der Waals surface area contributed by atoms with Gasteiger partial charge in [0.1, 0.15) is 0 Å². The Balaban J connectivity index is 2.15. The van der Waals surface area contributed by atoms with Gasteiger partial charge in [-0.25, -0.2) is 8.42 Å². The van der Waals surface area contributed by atoms with Gasteiger partial charge in [0.15, 0.2) is 0 Å². The minimum absolute atomic E-state index is 0.0651. The monoisotopic (exact) mass is 435 g/mol. The predicted molar refractivity (Wildman–Crippen MR) is 116 cm³/mol. The average Bonchev–Trinajstić information content (AvgIpc) is 2.68. The van der Waals surface area contributed by atoms with E-state index in [0.29, 0.717) is 5.69 Å². The number of benzene rings is 2. The van der Waals surface area contributed by atoms with Crippen LogP contribution < -0.4 is 5.32 Å². The van der Waals surface area contributed by atoms with Crippen molar-refractivity contribution in [1.29, 1.82) is 0 Å². The highest BCUT2D eigenvalue weighted by Crippen LogP contribution is 2.23. The third-order valence-corrected chi connectivity index (χ3v) is 7.26. The molecule has 2 amide bonds. The van der Waals surface area contributed by atoms with Crippen LogP contribution in [0.15, 0.2) is 58.3 Å². The van der Waals surface area contributed by atoms with Crippen LogP contribution in [-0.2, 0) is 10.0 Å². The fourth-order valence-corrected chi connectivity index (χ4v) is 4.31. The number of carbonyl (C=O) groups is 2. The van der Waals surface area contributed by atoms with Gasteiger partial charge in [0.05, 0.1) is 4.90 Å². The van der Waals surface area contributed by atoms with E-state index in [9.17, 15) is 18.0 Å². The molecule has 7 nitrogen and oxygen atoms in total. The SMILES string of the molecule is CC(C)N(C)S(=O)(=O)c1cccc(C(=O)Nc2ccc(SC(=O)N(C)C)cc2)c1. The van der Waals surface area contributed by atoms with Gasteiger partial charge in [-0.05, 0) is 68.1 Å². The first-order valence-corrected chi connectivity index (χ1v) is 11.2. The minimum atomic E-state index is -3.68. The van der Waals surface area contributed by atoms with Crippen molar-refractivity contribution in [2.75, 3.05) is 26.5 Å². The first-order chi connectivity index (χ1) is 13.5. The number of nitrogens with zero attached hydrogens (tertiary/aromatic N) is 2. The Morgan fingerprint density at radius 3 is 2.17 bits per heavy atom. The van der Waals surface area contributed by atoms with Crippen LogP contribution in [-0.4, -0.2) is 56.0 Å². The van der Waals surface area contributed by atoms with E-state index in [4.69, 9.17) is 0 Å². The molecule has 0 aromatic heterocycles. The molecule has 29 heavy (non-hydrogen) atoms. The molecule has 0 aliphatic heterocycles. The third-order valence-electron chi connectivity index (χ3n) is 4.18. The number of rotatable bonds is 6. The molecule has 0 aliphatic carbocycles. The number of thioether (sulfide) groups is 1. The molecular weight excluding hydrogens is 410 g/mol. The van der Waals surface area contributed by atoms with Gasteiger partial charge < -0.3 is 10.2 Å². The number of hydrogen-bond acceptors (Lipinski definition) is 5. The van der Waals surface area contributed by atoms with E-state index >= 15 is 0 Å². The van der Waals surface area contributed by atoms with Crippen molar-refractivity contribution in [3.8, 4) is 0 Å². The first-order valence-electron chi connectivity index (χ1n) is 8.91. The molecule has 0 saturated carbocycles. The van der Waals surface area contributed by atoms with E-state index in [0.717, 1.165) is 16.7 Å². The fourth-order valence-electron chi connectivity index (χ4n) is 2.24. The number of hydrogen-bond donors (Lipinski definition) is 1. The molecule has 0 fully saturated rings. The van der Waals surface area contributed by atoms with Crippen LogP contribution in [0.2, 0.25) is 0 Å². The largest absolute Gasteiger partial charge is 0.339 e. The van der Waals surface area contributed by atoms with E-state index in [-0.39, 0.29) is 21.7 Å². The van der Waals surface area contributed by atoms with E-state index in [2.05, 4.69) is 5.32 Å². The molecule has 1 N–H and O–H groups in total. The van der Waals surface area contributed by atoms with Crippen molar-refractivity contribution in [3.63, 3.8) is 0 Å². The molecule has 0 spiro atoms. The van der Waals surface area contributed by atoms with Gasteiger partial charge in [-0.15, -0.1) is 0 Å². The topological polar surface area (TPSA) is 86.8 Å². The summed E-state index contributed by atoms with van der Waals surface area (Å²) >= 11 is 1.09. The highest BCUT2D eigenvalue weighted by molar-refractivity contribution is 8.13. The summed E-state index contributed by atoms with van der Waals surface area (Å²) in [7, 11) is 1.19. The summed E-state index contributed by atoms with van der Waals surface area (Å²) in [6.07, 6.45) is 0. The molecule has 9 heteroatoms. The molecule has 0 atom stereocenters. The van der Waals surface area contributed by atoms with Crippen molar-refractivity contribution in [2.24, 2.45) is 0 Å². The summed E-state index contributed by atoms with van der Waals surface area (Å²) in [5.41, 5.74) is 0.786. The van der Waals surface area contributed by atoms with Crippen LogP contribution in [0.5, 0.6) is 0 Å².